The van der Waals surface area contributed by atoms with Crippen LogP contribution in [0, 0.1) is 5.41 Å². The van der Waals surface area contributed by atoms with E-state index >= 15 is 0 Å². The van der Waals surface area contributed by atoms with Crippen LogP contribution >= 0.6 is 0 Å². The molecule has 2 aliphatic rings. The molecule has 39 heavy (non-hydrogen) atoms. The summed E-state index contributed by atoms with van der Waals surface area (Å²) in [6.07, 6.45) is 0.855. The molecule has 1 amide bonds. The molecule has 5 rings (SSSR count). The van der Waals surface area contributed by atoms with Crippen molar-refractivity contribution in [1.29, 1.82) is 0 Å². The van der Waals surface area contributed by atoms with E-state index in [1.54, 1.807) is 30.3 Å². The highest BCUT2D eigenvalue weighted by Gasteiger charge is 2.51. The summed E-state index contributed by atoms with van der Waals surface area (Å²) in [5, 5.41) is 3.39. The minimum absolute atomic E-state index is 0.0393. The monoisotopic (exact) mass is 547 g/mol. The first kappa shape index (κ1) is 27.0. The van der Waals surface area contributed by atoms with Gasteiger partial charge in [-0.15, -0.1) is 0 Å². The number of carbonyl (C=O) groups is 2. The molecule has 2 aromatic carbocycles. The second kappa shape index (κ2) is 9.88. The summed E-state index contributed by atoms with van der Waals surface area (Å²) in [5.74, 6) is -3.72. The number of Topliss-reactive ketones (excluding diaryl/α,β-unsaturated/α-hetero) is 1. The van der Waals surface area contributed by atoms with Crippen LogP contribution < -0.4 is 14.8 Å². The number of nitrogens with one attached hydrogen (secondary N) is 1. The number of hydrogen-bond acceptors (Lipinski definition) is 5. The van der Waals surface area contributed by atoms with Crippen LogP contribution in [0.25, 0.3) is 22.1 Å². The van der Waals surface area contributed by atoms with Gasteiger partial charge in [0.25, 0.3) is 5.91 Å². The fourth-order valence-corrected chi connectivity index (χ4v) is 5.11. The predicted octanol–water partition coefficient (Wildman–Crippen LogP) is 7.15. The molecule has 0 spiro atoms. The number of fused-ring (bicyclic) bond motifs is 1. The fourth-order valence-electron chi connectivity index (χ4n) is 5.11. The first-order valence-corrected chi connectivity index (χ1v) is 12.8. The summed E-state index contributed by atoms with van der Waals surface area (Å²) in [4.78, 5) is 26.6. The number of ether oxygens (including phenoxy) is 2. The molecule has 2 aliphatic carbocycles. The van der Waals surface area contributed by atoms with Crippen molar-refractivity contribution < 1.29 is 41.0 Å². The number of benzene rings is 2. The molecule has 2 saturated carbocycles. The zero-order valence-corrected chi connectivity index (χ0v) is 21.6. The van der Waals surface area contributed by atoms with Crippen molar-refractivity contribution in [2.24, 2.45) is 5.41 Å². The molecule has 208 valence electrons. The Balaban J connectivity index is 1.39. The first-order chi connectivity index (χ1) is 18.4. The number of hydrogen-bond donors (Lipinski definition) is 1. The number of alkyl halides is 4. The molecule has 0 unspecified atom stereocenters. The molecule has 0 saturated heterocycles. The number of furan rings is 1. The number of carbonyl (C=O) groups excluding carboxylic acids is 2. The van der Waals surface area contributed by atoms with Crippen molar-refractivity contribution in [3.05, 3.63) is 48.2 Å². The highest BCUT2D eigenvalue weighted by atomic mass is 19.3. The van der Waals surface area contributed by atoms with Crippen LogP contribution in [0.5, 0.6) is 11.5 Å². The van der Waals surface area contributed by atoms with Gasteiger partial charge in [-0.05, 0) is 66.5 Å². The Bertz CT molecular complexity index is 1400. The fraction of sp³-hybridized carbons (Fsp3) is 0.448. The van der Waals surface area contributed by atoms with Gasteiger partial charge in [-0.3, -0.25) is 9.59 Å². The molecule has 3 aromatic rings. The van der Waals surface area contributed by atoms with Gasteiger partial charge in [-0.25, -0.2) is 8.78 Å². The summed E-state index contributed by atoms with van der Waals surface area (Å²) in [5.41, 5.74) is 0.207. The third kappa shape index (κ3) is 5.74. The first-order valence-electron chi connectivity index (χ1n) is 12.8. The minimum Gasteiger partial charge on any atom is -0.493 e. The van der Waals surface area contributed by atoms with Crippen LogP contribution in [0.1, 0.15) is 62.4 Å². The lowest BCUT2D eigenvalue weighted by molar-refractivity contribution is -0.131. The number of ketones is 1. The third-order valence-electron chi connectivity index (χ3n) is 7.87. The molecular formula is C29H29F4NO5. The average molecular weight is 548 g/mol. The van der Waals surface area contributed by atoms with E-state index in [1.807, 2.05) is 6.92 Å². The second-order valence-electron chi connectivity index (χ2n) is 10.9. The molecule has 1 N–H and O–H groups in total. The van der Waals surface area contributed by atoms with Gasteiger partial charge >= 0.3 is 6.61 Å². The molecule has 2 fully saturated rings. The molecule has 1 heterocycles. The van der Waals surface area contributed by atoms with E-state index < -0.39 is 36.8 Å². The highest BCUT2D eigenvalue weighted by molar-refractivity contribution is 6.01. The standard InChI is InChI=1S/C29H29F4NO5/c1-27(7-8-27)16-24(35)28(9-11-29(32,33)12-10-28)34-25(36)23-15-19-4-3-17(13-21(19)38-23)18-5-6-20(39-26(30)31)22(14-18)37-2/h3-6,13-15,26H,7-12,16H2,1-2H3,(H,34,36). The largest absolute Gasteiger partial charge is 0.493 e. The quantitative estimate of drug-likeness (QED) is 0.288. The summed E-state index contributed by atoms with van der Waals surface area (Å²) in [6.45, 7) is -1.01. The van der Waals surface area contributed by atoms with Crippen molar-refractivity contribution in [3.63, 3.8) is 0 Å². The van der Waals surface area contributed by atoms with Crippen LogP contribution in [-0.2, 0) is 4.79 Å². The number of rotatable bonds is 9. The van der Waals surface area contributed by atoms with Gasteiger partial charge in [-0.2, -0.15) is 8.78 Å². The van der Waals surface area contributed by atoms with E-state index in [0.717, 1.165) is 12.8 Å². The lowest BCUT2D eigenvalue weighted by Gasteiger charge is -2.40. The highest BCUT2D eigenvalue weighted by Crippen LogP contribution is 2.50. The van der Waals surface area contributed by atoms with E-state index in [-0.39, 0.29) is 47.7 Å². The number of amides is 1. The van der Waals surface area contributed by atoms with Gasteiger partial charge in [-0.1, -0.05) is 25.1 Å². The number of methoxy groups -OCH3 is 1. The Morgan fingerprint density at radius 3 is 2.26 bits per heavy atom. The second-order valence-corrected chi connectivity index (χ2v) is 10.9. The predicted molar refractivity (Wildman–Crippen MR) is 135 cm³/mol. The maximum atomic E-state index is 14.0. The summed E-state index contributed by atoms with van der Waals surface area (Å²) < 4.78 is 68.7. The third-order valence-corrected chi connectivity index (χ3v) is 7.87. The van der Waals surface area contributed by atoms with Crippen molar-refractivity contribution in [1.82, 2.24) is 5.32 Å². The van der Waals surface area contributed by atoms with Crippen molar-refractivity contribution in [3.8, 4) is 22.6 Å². The molecule has 0 aliphatic heterocycles. The normalized spacial score (nSPS) is 19.1. The van der Waals surface area contributed by atoms with Crippen molar-refractivity contribution in [2.75, 3.05) is 7.11 Å². The van der Waals surface area contributed by atoms with Gasteiger partial charge in [0.15, 0.2) is 23.0 Å². The van der Waals surface area contributed by atoms with E-state index in [1.165, 1.54) is 19.2 Å². The SMILES string of the molecule is COc1cc(-c2ccc3cc(C(=O)NC4(C(=O)CC5(C)CC5)CCC(F)(F)CC4)oc3c2)ccc1OC(F)F. The maximum Gasteiger partial charge on any atom is 0.387 e. The molecule has 6 nitrogen and oxygen atoms in total. The Morgan fingerprint density at radius 2 is 1.62 bits per heavy atom. The Hall–Kier alpha value is -3.56. The van der Waals surface area contributed by atoms with Crippen molar-refractivity contribution in [2.45, 2.75) is 69.9 Å². The Kier molecular flexibility index (Phi) is 6.84. The van der Waals surface area contributed by atoms with E-state index in [4.69, 9.17) is 9.15 Å². The van der Waals surface area contributed by atoms with Crippen LogP contribution in [0.4, 0.5) is 17.6 Å². The molecule has 0 radical (unpaired) electrons. The van der Waals surface area contributed by atoms with Crippen LogP contribution in [0.15, 0.2) is 46.9 Å². The summed E-state index contributed by atoms with van der Waals surface area (Å²) >= 11 is 0. The lowest BCUT2D eigenvalue weighted by atomic mass is 9.74. The Morgan fingerprint density at radius 1 is 0.949 bits per heavy atom. The molecule has 0 bridgehead atoms. The van der Waals surface area contributed by atoms with Crippen LogP contribution in [0.2, 0.25) is 0 Å². The van der Waals surface area contributed by atoms with Gasteiger partial charge in [0.2, 0.25) is 5.92 Å². The molecule has 1 aromatic heterocycles. The summed E-state index contributed by atoms with van der Waals surface area (Å²) in [7, 11) is 1.34. The van der Waals surface area contributed by atoms with Crippen molar-refractivity contribution >= 4 is 22.7 Å². The maximum absolute atomic E-state index is 14.0. The zero-order valence-electron chi connectivity index (χ0n) is 21.6. The van der Waals surface area contributed by atoms with Gasteiger partial charge in [0, 0.05) is 24.6 Å². The molecule has 10 heteroatoms. The van der Waals surface area contributed by atoms with Crippen LogP contribution in [-0.4, -0.2) is 36.9 Å². The minimum atomic E-state index is -3.00. The number of halogens is 4. The topological polar surface area (TPSA) is 77.8 Å². The molecular weight excluding hydrogens is 518 g/mol. The van der Waals surface area contributed by atoms with E-state index in [2.05, 4.69) is 10.1 Å². The smallest absolute Gasteiger partial charge is 0.387 e. The van der Waals surface area contributed by atoms with Gasteiger partial charge in [0.05, 0.1) is 12.6 Å². The average Bonchev–Trinajstić information content (AvgIpc) is 3.45. The lowest BCUT2D eigenvalue weighted by Crippen LogP contribution is -2.58. The Labute approximate surface area is 222 Å². The van der Waals surface area contributed by atoms with E-state index in [0.29, 0.717) is 22.1 Å². The van der Waals surface area contributed by atoms with Gasteiger partial charge in [0.1, 0.15) is 5.58 Å². The van der Waals surface area contributed by atoms with Gasteiger partial charge < -0.3 is 19.2 Å². The van der Waals surface area contributed by atoms with E-state index in [9.17, 15) is 27.2 Å². The summed E-state index contributed by atoms with van der Waals surface area (Å²) in [6, 6.07) is 11.2. The molecule has 0 atom stereocenters. The zero-order chi connectivity index (χ0) is 28.0. The van der Waals surface area contributed by atoms with Crippen LogP contribution in [0.3, 0.4) is 0 Å².